The number of halogens is 1. The normalized spacial score (nSPS) is 10.5. The van der Waals surface area contributed by atoms with Crippen LogP contribution in [0.2, 0.25) is 0 Å². The van der Waals surface area contributed by atoms with E-state index in [0.29, 0.717) is 11.3 Å². The summed E-state index contributed by atoms with van der Waals surface area (Å²) in [5, 5.41) is 1.98. The fourth-order valence-electron chi connectivity index (χ4n) is 2.74. The van der Waals surface area contributed by atoms with E-state index >= 15 is 0 Å². The van der Waals surface area contributed by atoms with Gasteiger partial charge in [0.2, 0.25) is 5.88 Å². The molecule has 0 saturated heterocycles. The largest absolute Gasteiger partial charge is 0.436 e. The van der Waals surface area contributed by atoms with Crippen LogP contribution in [0.5, 0.6) is 11.6 Å². The molecule has 0 bridgehead atoms. The van der Waals surface area contributed by atoms with Gasteiger partial charge in [0.1, 0.15) is 17.8 Å². The third-order valence-electron chi connectivity index (χ3n) is 4.20. The van der Waals surface area contributed by atoms with Crippen LogP contribution in [0.3, 0.4) is 0 Å². The molecule has 0 aliphatic rings. The third-order valence-corrected chi connectivity index (χ3v) is 4.73. The van der Waals surface area contributed by atoms with E-state index in [1.54, 1.807) is 24.3 Å². The van der Waals surface area contributed by atoms with E-state index in [1.165, 1.54) is 6.33 Å². The zero-order chi connectivity index (χ0) is 20.2. The Morgan fingerprint density at radius 1 is 0.966 bits per heavy atom. The van der Waals surface area contributed by atoms with Crippen molar-refractivity contribution < 1.29 is 9.53 Å². The first-order valence-corrected chi connectivity index (χ1v) is 9.49. The van der Waals surface area contributed by atoms with Crippen LogP contribution in [-0.2, 0) is 0 Å². The number of carbonyl (C=O) groups is 1. The number of nitrogens with zero attached hydrogens (tertiary/aromatic N) is 2. The predicted octanol–water partition coefficient (Wildman–Crippen LogP) is 4.52. The number of hydrogen-bond acceptors (Lipinski definition) is 6. The average Bonchev–Trinajstić information content (AvgIpc) is 2.75. The first-order chi connectivity index (χ1) is 14.1. The van der Waals surface area contributed by atoms with Gasteiger partial charge in [-0.3, -0.25) is 15.6 Å². The molecule has 7 nitrogen and oxygen atoms in total. The van der Waals surface area contributed by atoms with Gasteiger partial charge >= 0.3 is 0 Å². The number of anilines is 2. The highest BCUT2D eigenvalue weighted by Crippen LogP contribution is 2.33. The molecular weight excluding hydrogens is 434 g/mol. The van der Waals surface area contributed by atoms with Crippen molar-refractivity contribution in [1.29, 1.82) is 0 Å². The number of amides is 1. The van der Waals surface area contributed by atoms with E-state index in [4.69, 9.17) is 10.5 Å². The van der Waals surface area contributed by atoms with Gasteiger partial charge in [-0.15, -0.1) is 0 Å². The number of hydrazine groups is 1. The summed E-state index contributed by atoms with van der Waals surface area (Å²) in [5.74, 6) is 0.725. The lowest BCUT2D eigenvalue weighted by molar-refractivity contribution is 0.0962. The van der Waals surface area contributed by atoms with Gasteiger partial charge in [-0.25, -0.2) is 4.98 Å². The monoisotopic (exact) mass is 449 g/mol. The van der Waals surface area contributed by atoms with Crippen molar-refractivity contribution >= 4 is 44.1 Å². The van der Waals surface area contributed by atoms with Crippen LogP contribution < -0.4 is 21.3 Å². The maximum Gasteiger partial charge on any atom is 0.269 e. The topological polar surface area (TPSA) is 102 Å². The van der Waals surface area contributed by atoms with Crippen molar-refractivity contribution in [2.24, 2.45) is 0 Å². The third kappa shape index (κ3) is 4.12. The summed E-state index contributed by atoms with van der Waals surface area (Å²) in [4.78, 5) is 20.5. The molecule has 0 aliphatic heterocycles. The molecule has 0 radical (unpaired) electrons. The fourth-order valence-corrected chi connectivity index (χ4v) is 3.00. The Kier molecular flexibility index (Phi) is 5.26. The molecule has 1 aromatic heterocycles. The molecule has 3 aromatic carbocycles. The zero-order valence-electron chi connectivity index (χ0n) is 15.1. The number of aromatic nitrogens is 2. The Morgan fingerprint density at radius 3 is 2.55 bits per heavy atom. The van der Waals surface area contributed by atoms with E-state index in [1.807, 2.05) is 42.5 Å². The molecule has 0 saturated carbocycles. The molecule has 29 heavy (non-hydrogen) atoms. The molecule has 0 aliphatic carbocycles. The summed E-state index contributed by atoms with van der Waals surface area (Å²) in [6.45, 7) is 0. The van der Waals surface area contributed by atoms with Gasteiger partial charge in [0, 0.05) is 15.4 Å². The Hall–Kier alpha value is -3.65. The maximum atomic E-state index is 12.3. The SMILES string of the molecule is Nc1c(NNC(=O)c2ccc(Br)cc2)ncnc1Oc1cccc2ccccc12. The second-order valence-electron chi connectivity index (χ2n) is 6.11. The van der Waals surface area contributed by atoms with Crippen LogP contribution >= 0.6 is 15.9 Å². The van der Waals surface area contributed by atoms with E-state index in [9.17, 15) is 4.79 Å². The van der Waals surface area contributed by atoms with Gasteiger partial charge in [0.15, 0.2) is 5.82 Å². The minimum atomic E-state index is -0.327. The molecule has 0 spiro atoms. The summed E-state index contributed by atoms with van der Waals surface area (Å²) in [6.07, 6.45) is 1.31. The minimum absolute atomic E-state index is 0.177. The van der Waals surface area contributed by atoms with Gasteiger partial charge < -0.3 is 10.5 Å². The molecule has 144 valence electrons. The Morgan fingerprint density at radius 2 is 1.72 bits per heavy atom. The Balaban J connectivity index is 1.53. The van der Waals surface area contributed by atoms with Crippen LogP contribution in [0.1, 0.15) is 10.4 Å². The number of nitrogens with two attached hydrogens (primary N) is 1. The molecule has 1 amide bonds. The quantitative estimate of drug-likeness (QED) is 0.387. The maximum absolute atomic E-state index is 12.3. The molecule has 0 atom stereocenters. The first kappa shape index (κ1) is 18.7. The molecule has 0 fully saturated rings. The molecule has 0 unspecified atom stereocenters. The highest BCUT2D eigenvalue weighted by Gasteiger charge is 2.13. The van der Waals surface area contributed by atoms with E-state index in [-0.39, 0.29) is 23.3 Å². The minimum Gasteiger partial charge on any atom is -0.436 e. The number of nitrogen functional groups attached to an aromatic ring is 1. The second kappa shape index (κ2) is 8.15. The molecular formula is C21H16BrN5O2. The molecule has 4 N–H and O–H groups in total. The highest BCUT2D eigenvalue weighted by molar-refractivity contribution is 9.10. The lowest BCUT2D eigenvalue weighted by Gasteiger charge is -2.13. The van der Waals surface area contributed by atoms with Gasteiger partial charge in [-0.1, -0.05) is 52.3 Å². The fraction of sp³-hybridized carbons (Fsp3) is 0. The lowest BCUT2D eigenvalue weighted by Crippen LogP contribution is -2.30. The summed E-state index contributed by atoms with van der Waals surface area (Å²) < 4.78 is 6.82. The van der Waals surface area contributed by atoms with Crippen LogP contribution in [0.4, 0.5) is 11.5 Å². The van der Waals surface area contributed by atoms with Crippen molar-refractivity contribution in [3.63, 3.8) is 0 Å². The summed E-state index contributed by atoms with van der Waals surface area (Å²) in [7, 11) is 0. The van der Waals surface area contributed by atoms with Gasteiger partial charge in [-0.05, 0) is 35.7 Å². The predicted molar refractivity (Wildman–Crippen MR) is 116 cm³/mol. The number of nitrogens with one attached hydrogen (secondary N) is 2. The molecule has 4 rings (SSSR count). The van der Waals surface area contributed by atoms with Gasteiger partial charge in [0.25, 0.3) is 5.91 Å². The number of benzene rings is 3. The lowest BCUT2D eigenvalue weighted by atomic mass is 10.1. The number of carbonyl (C=O) groups excluding carboxylic acids is 1. The van der Waals surface area contributed by atoms with E-state index in [2.05, 4.69) is 36.7 Å². The van der Waals surface area contributed by atoms with Crippen LogP contribution in [0.15, 0.2) is 77.5 Å². The van der Waals surface area contributed by atoms with Gasteiger partial charge in [0.05, 0.1) is 0 Å². The zero-order valence-corrected chi connectivity index (χ0v) is 16.7. The average molecular weight is 450 g/mol. The second-order valence-corrected chi connectivity index (χ2v) is 7.02. The first-order valence-electron chi connectivity index (χ1n) is 8.70. The van der Waals surface area contributed by atoms with E-state index < -0.39 is 0 Å². The molecule has 1 heterocycles. The summed E-state index contributed by atoms with van der Waals surface area (Å²) in [5.41, 5.74) is 12.1. The number of fused-ring (bicyclic) bond motifs is 1. The van der Waals surface area contributed by atoms with Crippen molar-refractivity contribution in [3.05, 3.63) is 83.1 Å². The molecule has 4 aromatic rings. The van der Waals surface area contributed by atoms with Gasteiger partial charge in [-0.2, -0.15) is 4.98 Å². The van der Waals surface area contributed by atoms with Crippen molar-refractivity contribution in [3.8, 4) is 11.6 Å². The number of rotatable bonds is 5. The number of hydrogen-bond donors (Lipinski definition) is 3. The standard InChI is InChI=1S/C21H16BrN5O2/c22-15-10-8-14(9-11-15)20(28)27-26-19-18(23)21(25-12-24-19)29-17-7-3-5-13-4-1-2-6-16(13)17/h1-12H,23H2,(H,27,28)(H,24,25,26). The van der Waals surface area contributed by atoms with Crippen LogP contribution in [0.25, 0.3) is 10.8 Å². The highest BCUT2D eigenvalue weighted by atomic mass is 79.9. The smallest absolute Gasteiger partial charge is 0.269 e. The Labute approximate surface area is 175 Å². The summed E-state index contributed by atoms with van der Waals surface area (Å²) in [6, 6.07) is 20.5. The Bertz CT molecular complexity index is 1180. The number of ether oxygens (including phenoxy) is 1. The van der Waals surface area contributed by atoms with E-state index in [0.717, 1.165) is 15.2 Å². The van der Waals surface area contributed by atoms with Crippen LogP contribution in [0, 0.1) is 0 Å². The molecule has 8 heteroatoms. The van der Waals surface area contributed by atoms with Crippen LogP contribution in [-0.4, -0.2) is 15.9 Å². The van der Waals surface area contributed by atoms with Crippen molar-refractivity contribution in [2.75, 3.05) is 11.2 Å². The van der Waals surface area contributed by atoms with Crippen molar-refractivity contribution in [1.82, 2.24) is 15.4 Å². The van der Waals surface area contributed by atoms with Crippen molar-refractivity contribution in [2.45, 2.75) is 0 Å². The summed E-state index contributed by atoms with van der Waals surface area (Å²) >= 11 is 3.34.